The maximum Gasteiger partial charge on any atom is 0.00368 e. The van der Waals surface area contributed by atoms with Crippen LogP contribution in [0.25, 0.3) is 0 Å². The monoisotopic (exact) mass is 490 g/mol. The molecule has 1 unspecified atom stereocenters. The predicted molar refractivity (Wildman–Crippen MR) is 105 cm³/mol. The summed E-state index contributed by atoms with van der Waals surface area (Å²) in [6.07, 6.45) is 2.41. The molecule has 0 amide bonds. The topological polar surface area (TPSA) is 0 Å². The molecule has 0 saturated heterocycles. The molecule has 0 aliphatic heterocycles. The van der Waals surface area contributed by atoms with E-state index in [2.05, 4.69) is 106 Å². The summed E-state index contributed by atoms with van der Waals surface area (Å²) in [4.78, 5) is 0. The van der Waals surface area contributed by atoms with Crippen molar-refractivity contribution in [3.63, 3.8) is 0 Å². The summed E-state index contributed by atoms with van der Waals surface area (Å²) >= 11 is 5.08. The van der Waals surface area contributed by atoms with Crippen molar-refractivity contribution in [1.29, 1.82) is 0 Å². The van der Waals surface area contributed by atoms with Gasteiger partial charge in [0.05, 0.1) is 0 Å². The summed E-state index contributed by atoms with van der Waals surface area (Å²) in [5.41, 5.74) is 2.95. The van der Waals surface area contributed by atoms with E-state index in [-0.39, 0.29) is 0 Å². The number of aryl methyl sites for hydroxylation is 1. The zero-order valence-corrected chi connectivity index (χ0v) is 15.8. The number of hydrogen-bond donors (Lipinski definition) is 0. The Morgan fingerprint density at radius 1 is 0.750 bits per heavy atom. The molecule has 20 heavy (non-hydrogen) atoms. The molecule has 0 saturated carbocycles. The number of rotatable bonds is 7. The van der Waals surface area contributed by atoms with Crippen LogP contribution in [-0.2, 0) is 6.42 Å². The maximum absolute atomic E-state index is 2.54. The van der Waals surface area contributed by atoms with Crippen molar-refractivity contribution in [2.24, 2.45) is 5.92 Å². The third kappa shape index (κ3) is 4.72. The number of halogens is 2. The number of benzene rings is 2. The molecule has 2 aromatic rings. The maximum atomic E-state index is 2.54. The van der Waals surface area contributed by atoms with Crippen molar-refractivity contribution in [2.75, 3.05) is 8.86 Å². The van der Waals surface area contributed by atoms with Crippen LogP contribution in [0.5, 0.6) is 0 Å². The van der Waals surface area contributed by atoms with Crippen molar-refractivity contribution >= 4 is 45.2 Å². The first-order chi connectivity index (χ1) is 9.85. The molecule has 0 spiro atoms. The lowest BCUT2D eigenvalue weighted by atomic mass is 9.84. The minimum Gasteiger partial charge on any atom is -0.0860 e. The summed E-state index contributed by atoms with van der Waals surface area (Å²) in [6, 6.07) is 21.9. The Morgan fingerprint density at radius 2 is 1.30 bits per heavy atom. The fourth-order valence-corrected chi connectivity index (χ4v) is 5.64. The predicted octanol–water partition coefficient (Wildman–Crippen LogP) is 5.89. The van der Waals surface area contributed by atoms with Crippen LogP contribution in [0.1, 0.15) is 23.5 Å². The smallest absolute Gasteiger partial charge is 0.00368 e. The van der Waals surface area contributed by atoms with Crippen LogP contribution in [0.3, 0.4) is 0 Å². The molecule has 0 aliphatic carbocycles. The van der Waals surface area contributed by atoms with Crippen LogP contribution >= 0.6 is 45.2 Å². The van der Waals surface area contributed by atoms with Crippen LogP contribution in [0.2, 0.25) is 0 Å². The minimum atomic E-state index is 0.671. The SMILES string of the molecule is ICC(CI)C(CCc1ccccc1)c1ccccc1. The fourth-order valence-electron chi connectivity index (χ4n) is 2.60. The van der Waals surface area contributed by atoms with Gasteiger partial charge < -0.3 is 0 Å². The van der Waals surface area contributed by atoms with Crippen LogP contribution in [0, 0.1) is 5.92 Å². The van der Waals surface area contributed by atoms with Gasteiger partial charge >= 0.3 is 0 Å². The Hall–Kier alpha value is -0.1000. The Morgan fingerprint density at radius 3 is 1.85 bits per heavy atom. The number of hydrogen-bond acceptors (Lipinski definition) is 0. The standard InChI is InChI=1S/C18H20I2/c19-13-17(14-20)18(16-9-5-2-6-10-16)12-11-15-7-3-1-4-8-15/h1-10,17-18H,11-14H2. The van der Waals surface area contributed by atoms with E-state index >= 15 is 0 Å². The third-order valence-electron chi connectivity index (χ3n) is 3.78. The van der Waals surface area contributed by atoms with E-state index in [0.29, 0.717) is 5.92 Å². The minimum absolute atomic E-state index is 0.671. The molecule has 0 radical (unpaired) electrons. The zero-order chi connectivity index (χ0) is 14.2. The van der Waals surface area contributed by atoms with Gasteiger partial charge in [0.1, 0.15) is 0 Å². The molecule has 0 aromatic heterocycles. The average Bonchev–Trinajstić information content (AvgIpc) is 2.53. The second-order valence-corrected chi connectivity index (χ2v) is 6.87. The van der Waals surface area contributed by atoms with Gasteiger partial charge in [0.25, 0.3) is 0 Å². The summed E-state index contributed by atoms with van der Waals surface area (Å²) in [5, 5.41) is 0. The van der Waals surface area contributed by atoms with E-state index in [4.69, 9.17) is 0 Å². The van der Waals surface area contributed by atoms with E-state index in [1.54, 1.807) is 0 Å². The van der Waals surface area contributed by atoms with E-state index < -0.39 is 0 Å². The lowest BCUT2D eigenvalue weighted by Crippen LogP contribution is -2.17. The first kappa shape index (κ1) is 16.3. The molecule has 0 fully saturated rings. The molecule has 1 atom stereocenters. The van der Waals surface area contributed by atoms with Crippen LogP contribution in [-0.4, -0.2) is 8.86 Å². The van der Waals surface area contributed by atoms with Crippen LogP contribution in [0.4, 0.5) is 0 Å². The van der Waals surface area contributed by atoms with Crippen LogP contribution in [0.15, 0.2) is 60.7 Å². The summed E-state index contributed by atoms with van der Waals surface area (Å²) in [7, 11) is 0. The average molecular weight is 490 g/mol. The van der Waals surface area contributed by atoms with Gasteiger partial charge in [-0.3, -0.25) is 0 Å². The molecule has 0 nitrogen and oxygen atoms in total. The Bertz CT molecular complexity index is 477. The van der Waals surface area contributed by atoms with Gasteiger partial charge in [0, 0.05) is 8.86 Å². The quantitative estimate of drug-likeness (QED) is 0.336. The van der Waals surface area contributed by atoms with Gasteiger partial charge in [-0.05, 0) is 35.8 Å². The summed E-state index contributed by atoms with van der Waals surface area (Å²) < 4.78 is 2.46. The normalized spacial score (nSPS) is 12.6. The Kier molecular flexibility index (Phi) is 7.35. The second kappa shape index (κ2) is 9.03. The zero-order valence-electron chi connectivity index (χ0n) is 11.5. The van der Waals surface area contributed by atoms with E-state index in [9.17, 15) is 0 Å². The molecular formula is C18H20I2. The molecular weight excluding hydrogens is 470 g/mol. The van der Waals surface area contributed by atoms with Gasteiger partial charge in [-0.1, -0.05) is 106 Å². The molecule has 2 rings (SSSR count). The third-order valence-corrected chi connectivity index (χ3v) is 6.04. The molecule has 0 bridgehead atoms. The molecule has 106 valence electrons. The first-order valence-electron chi connectivity index (χ1n) is 7.06. The largest absolute Gasteiger partial charge is 0.0860 e. The lowest BCUT2D eigenvalue weighted by molar-refractivity contribution is 0.491. The summed E-state index contributed by atoms with van der Waals surface area (Å²) in [5.74, 6) is 1.44. The summed E-state index contributed by atoms with van der Waals surface area (Å²) in [6.45, 7) is 0. The Balaban J connectivity index is 2.11. The van der Waals surface area contributed by atoms with Crippen molar-refractivity contribution < 1.29 is 0 Å². The molecule has 2 heteroatoms. The van der Waals surface area contributed by atoms with Crippen molar-refractivity contribution in [1.82, 2.24) is 0 Å². The van der Waals surface area contributed by atoms with Gasteiger partial charge in [-0.2, -0.15) is 0 Å². The van der Waals surface area contributed by atoms with E-state index in [1.807, 2.05) is 0 Å². The highest BCUT2D eigenvalue weighted by Crippen LogP contribution is 2.32. The highest BCUT2D eigenvalue weighted by molar-refractivity contribution is 14.1. The van der Waals surface area contributed by atoms with E-state index in [0.717, 1.165) is 5.92 Å². The van der Waals surface area contributed by atoms with Crippen molar-refractivity contribution in [3.05, 3.63) is 71.8 Å². The number of alkyl halides is 2. The van der Waals surface area contributed by atoms with Gasteiger partial charge in [0.2, 0.25) is 0 Å². The molecule has 0 N–H and O–H groups in total. The first-order valence-corrected chi connectivity index (χ1v) is 10.1. The molecule has 2 aromatic carbocycles. The lowest BCUT2D eigenvalue weighted by Gasteiger charge is -2.25. The van der Waals surface area contributed by atoms with Gasteiger partial charge in [-0.15, -0.1) is 0 Å². The van der Waals surface area contributed by atoms with Gasteiger partial charge in [-0.25, -0.2) is 0 Å². The molecule has 0 heterocycles. The van der Waals surface area contributed by atoms with Crippen molar-refractivity contribution in [2.45, 2.75) is 18.8 Å². The van der Waals surface area contributed by atoms with Gasteiger partial charge in [0.15, 0.2) is 0 Å². The van der Waals surface area contributed by atoms with Crippen molar-refractivity contribution in [3.8, 4) is 0 Å². The Labute approximate surface area is 149 Å². The second-order valence-electron chi connectivity index (χ2n) is 5.11. The highest BCUT2D eigenvalue weighted by Gasteiger charge is 2.21. The molecule has 0 aliphatic rings. The highest BCUT2D eigenvalue weighted by atomic mass is 127. The fraction of sp³-hybridized carbons (Fsp3) is 0.333. The van der Waals surface area contributed by atoms with E-state index in [1.165, 1.54) is 32.8 Å². The van der Waals surface area contributed by atoms with Crippen LogP contribution < -0.4 is 0 Å².